The molecule has 4 heteroatoms. The van der Waals surface area contributed by atoms with Crippen molar-refractivity contribution in [3.05, 3.63) is 28.8 Å². The maximum atomic E-state index is 5.53. The van der Waals surface area contributed by atoms with Crippen LogP contribution in [0.5, 0.6) is 0 Å². The van der Waals surface area contributed by atoms with Crippen molar-refractivity contribution in [3.8, 4) is 11.3 Å². The van der Waals surface area contributed by atoms with E-state index in [2.05, 4.69) is 33.7 Å². The molecule has 2 aromatic rings. The normalized spacial score (nSPS) is 12.9. The van der Waals surface area contributed by atoms with Gasteiger partial charge in [0.1, 0.15) is 5.82 Å². The minimum Gasteiger partial charge on any atom is -0.342 e. The largest absolute Gasteiger partial charge is 0.342 e. The lowest BCUT2D eigenvalue weighted by Crippen LogP contribution is -2.05. The van der Waals surface area contributed by atoms with Crippen LogP contribution < -0.4 is 5.73 Å². The van der Waals surface area contributed by atoms with Crippen molar-refractivity contribution >= 4 is 11.3 Å². The highest BCUT2D eigenvalue weighted by Crippen LogP contribution is 2.23. The van der Waals surface area contributed by atoms with Gasteiger partial charge in [-0.05, 0) is 24.4 Å². The van der Waals surface area contributed by atoms with Crippen molar-refractivity contribution in [1.29, 1.82) is 0 Å². The molecule has 0 bridgehead atoms. The summed E-state index contributed by atoms with van der Waals surface area (Å²) in [5.41, 5.74) is 7.83. The average Bonchev–Trinajstić information content (AvgIpc) is 2.89. The second kappa shape index (κ2) is 4.59. The Kier molecular flexibility index (Phi) is 3.18. The molecule has 1 atom stereocenters. The predicted octanol–water partition coefficient (Wildman–Crippen LogP) is 2.59. The van der Waals surface area contributed by atoms with E-state index in [9.17, 15) is 0 Å². The zero-order valence-electron chi connectivity index (χ0n) is 8.73. The maximum absolute atomic E-state index is 5.53. The Balaban J connectivity index is 2.17. The van der Waals surface area contributed by atoms with Crippen molar-refractivity contribution in [2.45, 2.75) is 19.3 Å². The number of aromatic amines is 1. The van der Waals surface area contributed by atoms with Crippen LogP contribution in [0.25, 0.3) is 11.3 Å². The molecule has 3 nitrogen and oxygen atoms in total. The summed E-state index contributed by atoms with van der Waals surface area (Å²) < 4.78 is 0. The van der Waals surface area contributed by atoms with E-state index < -0.39 is 0 Å². The van der Waals surface area contributed by atoms with Crippen LogP contribution in [0.15, 0.2) is 23.0 Å². The molecule has 2 aromatic heterocycles. The molecular formula is C11H15N3S. The first-order valence-corrected chi connectivity index (χ1v) is 6.03. The molecule has 2 heterocycles. The molecule has 2 rings (SSSR count). The molecule has 15 heavy (non-hydrogen) atoms. The molecule has 0 aliphatic carbocycles. The third-order valence-electron chi connectivity index (χ3n) is 2.49. The number of aromatic nitrogens is 2. The highest BCUT2D eigenvalue weighted by molar-refractivity contribution is 7.08. The number of thiophene rings is 1. The molecule has 0 radical (unpaired) electrons. The predicted molar refractivity (Wildman–Crippen MR) is 64.0 cm³/mol. The number of nitrogens with two attached hydrogens (primary N) is 1. The molecule has 0 aromatic carbocycles. The Morgan fingerprint density at radius 3 is 3.13 bits per heavy atom. The third kappa shape index (κ3) is 2.27. The van der Waals surface area contributed by atoms with E-state index in [1.165, 1.54) is 5.56 Å². The number of imidazole rings is 1. The van der Waals surface area contributed by atoms with Gasteiger partial charge in [-0.1, -0.05) is 6.92 Å². The van der Waals surface area contributed by atoms with Gasteiger partial charge in [0.25, 0.3) is 0 Å². The van der Waals surface area contributed by atoms with E-state index >= 15 is 0 Å². The zero-order valence-corrected chi connectivity index (χ0v) is 9.55. The third-order valence-corrected chi connectivity index (χ3v) is 3.18. The maximum Gasteiger partial charge on any atom is 0.109 e. The highest BCUT2D eigenvalue weighted by atomic mass is 32.1. The Morgan fingerprint density at radius 2 is 2.47 bits per heavy atom. The van der Waals surface area contributed by atoms with Crippen molar-refractivity contribution in [2.75, 3.05) is 6.54 Å². The van der Waals surface area contributed by atoms with Crippen molar-refractivity contribution in [2.24, 2.45) is 5.73 Å². The van der Waals surface area contributed by atoms with Crippen LogP contribution in [0.1, 0.15) is 25.1 Å². The molecule has 0 fully saturated rings. The van der Waals surface area contributed by atoms with Gasteiger partial charge in [-0.2, -0.15) is 11.3 Å². The smallest absolute Gasteiger partial charge is 0.109 e. The second-order valence-corrected chi connectivity index (χ2v) is 4.45. The molecule has 0 aliphatic heterocycles. The summed E-state index contributed by atoms with van der Waals surface area (Å²) in [4.78, 5) is 7.72. The summed E-state index contributed by atoms with van der Waals surface area (Å²) in [6.45, 7) is 2.85. The lowest BCUT2D eigenvalue weighted by atomic mass is 10.1. The number of nitrogens with zero attached hydrogens (tertiary/aromatic N) is 1. The Labute approximate surface area is 93.4 Å². The molecule has 0 aliphatic rings. The summed E-state index contributed by atoms with van der Waals surface area (Å²) in [7, 11) is 0. The number of rotatable bonds is 4. The molecule has 1 unspecified atom stereocenters. The molecular weight excluding hydrogens is 206 g/mol. The van der Waals surface area contributed by atoms with Crippen LogP contribution >= 0.6 is 11.3 Å². The fourth-order valence-corrected chi connectivity index (χ4v) is 2.19. The van der Waals surface area contributed by atoms with Gasteiger partial charge in [-0.25, -0.2) is 4.98 Å². The molecule has 0 amide bonds. The first kappa shape index (κ1) is 10.4. The summed E-state index contributed by atoms with van der Waals surface area (Å²) >= 11 is 1.69. The molecule has 0 saturated carbocycles. The molecule has 3 N–H and O–H groups in total. The van der Waals surface area contributed by atoms with E-state index in [-0.39, 0.29) is 0 Å². The fraction of sp³-hybridized carbons (Fsp3) is 0.364. The van der Waals surface area contributed by atoms with Crippen LogP contribution in [0.4, 0.5) is 0 Å². The fourth-order valence-electron chi connectivity index (χ4n) is 1.54. The van der Waals surface area contributed by atoms with E-state index in [0.29, 0.717) is 12.5 Å². The van der Waals surface area contributed by atoms with Gasteiger partial charge in [-0.15, -0.1) is 0 Å². The van der Waals surface area contributed by atoms with Gasteiger partial charge in [-0.3, -0.25) is 0 Å². The summed E-state index contributed by atoms with van der Waals surface area (Å²) in [6, 6.07) is 2.09. The SMILES string of the molecule is CC(CCN)c1ncc(-c2ccsc2)[nH]1. The summed E-state index contributed by atoms with van der Waals surface area (Å²) in [5.74, 6) is 1.43. The van der Waals surface area contributed by atoms with Crippen LogP contribution in [0.3, 0.4) is 0 Å². The topological polar surface area (TPSA) is 54.7 Å². The van der Waals surface area contributed by atoms with Gasteiger partial charge < -0.3 is 10.7 Å². The van der Waals surface area contributed by atoms with Gasteiger partial charge in [0.15, 0.2) is 0 Å². The van der Waals surface area contributed by atoms with Crippen LogP contribution in [0, 0.1) is 0 Å². The van der Waals surface area contributed by atoms with Gasteiger partial charge in [0.2, 0.25) is 0 Å². The van der Waals surface area contributed by atoms with Crippen LogP contribution in [-0.2, 0) is 0 Å². The van der Waals surface area contributed by atoms with Crippen LogP contribution in [-0.4, -0.2) is 16.5 Å². The molecule has 0 saturated heterocycles. The average molecular weight is 221 g/mol. The zero-order chi connectivity index (χ0) is 10.7. The minimum atomic E-state index is 0.405. The quantitative estimate of drug-likeness (QED) is 0.833. The van der Waals surface area contributed by atoms with Crippen LogP contribution in [0.2, 0.25) is 0 Å². The lowest BCUT2D eigenvalue weighted by Gasteiger charge is -2.05. The Bertz CT molecular complexity index is 405. The van der Waals surface area contributed by atoms with E-state index in [4.69, 9.17) is 5.73 Å². The Hall–Kier alpha value is -1.13. The van der Waals surface area contributed by atoms with Gasteiger partial charge >= 0.3 is 0 Å². The lowest BCUT2D eigenvalue weighted by molar-refractivity contribution is 0.655. The van der Waals surface area contributed by atoms with Gasteiger partial charge in [0, 0.05) is 16.9 Å². The molecule has 0 spiro atoms. The molecule has 80 valence electrons. The minimum absolute atomic E-state index is 0.405. The number of hydrogen-bond acceptors (Lipinski definition) is 3. The monoisotopic (exact) mass is 221 g/mol. The number of H-pyrrole nitrogens is 1. The second-order valence-electron chi connectivity index (χ2n) is 3.67. The van der Waals surface area contributed by atoms with Crippen molar-refractivity contribution < 1.29 is 0 Å². The highest BCUT2D eigenvalue weighted by Gasteiger charge is 2.09. The Morgan fingerprint density at radius 1 is 1.60 bits per heavy atom. The number of hydrogen-bond donors (Lipinski definition) is 2. The van der Waals surface area contributed by atoms with Crippen molar-refractivity contribution in [3.63, 3.8) is 0 Å². The van der Waals surface area contributed by atoms with Gasteiger partial charge in [0.05, 0.1) is 11.9 Å². The summed E-state index contributed by atoms with van der Waals surface area (Å²) in [6.07, 6.45) is 2.86. The summed E-state index contributed by atoms with van der Waals surface area (Å²) in [5, 5.41) is 4.18. The van der Waals surface area contributed by atoms with E-state index in [1.807, 2.05) is 6.20 Å². The first-order chi connectivity index (χ1) is 7.31. The van der Waals surface area contributed by atoms with Crippen molar-refractivity contribution in [1.82, 2.24) is 9.97 Å². The van der Waals surface area contributed by atoms with E-state index in [0.717, 1.165) is 17.9 Å². The first-order valence-electron chi connectivity index (χ1n) is 5.09. The standard InChI is InChI=1S/C11H15N3S/c1-8(2-4-12)11-13-6-10(14-11)9-3-5-15-7-9/h3,5-8H,2,4,12H2,1H3,(H,13,14). The van der Waals surface area contributed by atoms with E-state index in [1.54, 1.807) is 11.3 Å². The number of nitrogens with one attached hydrogen (secondary N) is 1.